The third kappa shape index (κ3) is 4.02. The minimum atomic E-state index is -4.78. The monoisotopic (exact) mass is 380 g/mol. The van der Waals surface area contributed by atoms with Gasteiger partial charge < -0.3 is 9.64 Å². The minimum Gasteiger partial charge on any atom is -0.406 e. The maximum atomic E-state index is 12.9. The predicted molar refractivity (Wildman–Crippen MR) is 91.0 cm³/mol. The van der Waals surface area contributed by atoms with E-state index in [0.29, 0.717) is 36.2 Å². The Kier molecular flexibility index (Phi) is 4.77. The largest absolute Gasteiger partial charge is 0.573 e. The summed E-state index contributed by atoms with van der Waals surface area (Å²) in [7, 11) is 0. The fourth-order valence-electron chi connectivity index (χ4n) is 3.13. The van der Waals surface area contributed by atoms with E-state index < -0.39 is 11.3 Å². The number of fused-ring (bicyclic) bond motifs is 1. The smallest absolute Gasteiger partial charge is 0.406 e. The number of hydrogen-bond acceptors (Lipinski definition) is 4. The Morgan fingerprint density at radius 3 is 2.59 bits per heavy atom. The molecule has 0 aromatic heterocycles. The first-order chi connectivity index (χ1) is 12.7. The Hall–Kier alpha value is -3.10. The maximum Gasteiger partial charge on any atom is 0.573 e. The van der Waals surface area contributed by atoms with Crippen LogP contribution in [0.2, 0.25) is 0 Å². The highest BCUT2D eigenvalue weighted by atomic mass is 19.4. The number of hydrogen-bond donors (Lipinski definition) is 0. The van der Waals surface area contributed by atoms with Gasteiger partial charge in [-0.1, -0.05) is 0 Å². The summed E-state index contributed by atoms with van der Waals surface area (Å²) < 4.78 is 41.1. The molecule has 0 spiro atoms. The number of nitro benzene ring substituents is 1. The topological polar surface area (TPSA) is 72.7 Å². The van der Waals surface area contributed by atoms with Gasteiger partial charge in [-0.3, -0.25) is 14.9 Å². The van der Waals surface area contributed by atoms with Crippen molar-refractivity contribution in [3.05, 3.63) is 63.2 Å². The number of aryl methyl sites for hydroxylation is 2. The van der Waals surface area contributed by atoms with Gasteiger partial charge in [0.05, 0.1) is 4.92 Å². The summed E-state index contributed by atoms with van der Waals surface area (Å²) in [5.74, 6) is -0.694. The second-order valence-electron chi connectivity index (χ2n) is 6.16. The molecular weight excluding hydrogens is 365 g/mol. The molecule has 0 saturated carbocycles. The summed E-state index contributed by atoms with van der Waals surface area (Å²) in [6.07, 6.45) is -3.68. The van der Waals surface area contributed by atoms with Gasteiger partial charge in [0.15, 0.2) is 0 Å². The average molecular weight is 380 g/mol. The highest BCUT2D eigenvalue weighted by Crippen LogP contribution is 2.33. The standard InChI is InChI=1S/C18H15F3N2O4/c1-11-9-13(4-6-15(11)23(25)26)17(24)22-8-2-3-12-10-14(5-7-16(12)22)27-18(19,20)21/h4-7,9-10H,2-3,8H2,1H3. The maximum absolute atomic E-state index is 12.9. The summed E-state index contributed by atoms with van der Waals surface area (Å²) in [5, 5.41) is 10.9. The average Bonchev–Trinajstić information content (AvgIpc) is 2.58. The van der Waals surface area contributed by atoms with Crippen molar-refractivity contribution in [3.8, 4) is 5.75 Å². The van der Waals surface area contributed by atoms with Crippen LogP contribution in [0, 0.1) is 17.0 Å². The van der Waals surface area contributed by atoms with Crippen LogP contribution in [0.5, 0.6) is 5.75 Å². The Labute approximate surface area is 152 Å². The zero-order chi connectivity index (χ0) is 19.8. The molecule has 0 aliphatic carbocycles. The fraction of sp³-hybridized carbons (Fsp3) is 0.278. The van der Waals surface area contributed by atoms with Crippen LogP contribution in [0.1, 0.15) is 27.9 Å². The molecule has 0 unspecified atom stereocenters. The van der Waals surface area contributed by atoms with E-state index >= 15 is 0 Å². The Morgan fingerprint density at radius 1 is 1.22 bits per heavy atom. The molecule has 1 amide bonds. The molecule has 0 atom stereocenters. The number of nitro groups is 1. The number of carbonyl (C=O) groups is 1. The Balaban J connectivity index is 1.90. The quantitative estimate of drug-likeness (QED) is 0.585. The summed E-state index contributed by atoms with van der Waals surface area (Å²) in [5.41, 5.74) is 1.64. The van der Waals surface area contributed by atoms with Crippen molar-refractivity contribution in [1.82, 2.24) is 0 Å². The molecule has 0 radical (unpaired) electrons. The first kappa shape index (κ1) is 18.7. The predicted octanol–water partition coefficient (Wildman–Crippen LogP) is 4.39. The summed E-state index contributed by atoms with van der Waals surface area (Å²) in [6.45, 7) is 1.95. The summed E-state index contributed by atoms with van der Waals surface area (Å²) in [6, 6.07) is 7.96. The van der Waals surface area contributed by atoms with Crippen molar-refractivity contribution in [1.29, 1.82) is 0 Å². The molecule has 0 fully saturated rings. The molecule has 0 saturated heterocycles. The van der Waals surface area contributed by atoms with E-state index in [-0.39, 0.29) is 22.9 Å². The van der Waals surface area contributed by atoms with Crippen molar-refractivity contribution < 1.29 is 27.6 Å². The zero-order valence-corrected chi connectivity index (χ0v) is 14.2. The number of halogens is 3. The van der Waals surface area contributed by atoms with Crippen molar-refractivity contribution in [3.63, 3.8) is 0 Å². The number of nitrogens with zero attached hydrogens (tertiary/aromatic N) is 2. The van der Waals surface area contributed by atoms with Gasteiger partial charge in [-0.05, 0) is 55.7 Å². The lowest BCUT2D eigenvalue weighted by Gasteiger charge is -2.30. The zero-order valence-electron chi connectivity index (χ0n) is 14.2. The minimum absolute atomic E-state index is 0.0838. The third-order valence-electron chi connectivity index (χ3n) is 4.29. The Morgan fingerprint density at radius 2 is 1.96 bits per heavy atom. The molecule has 3 rings (SSSR count). The lowest BCUT2D eigenvalue weighted by atomic mass is 10.00. The molecule has 142 valence electrons. The van der Waals surface area contributed by atoms with Crippen LogP contribution in [0.25, 0.3) is 0 Å². The van der Waals surface area contributed by atoms with E-state index in [1.54, 1.807) is 6.92 Å². The summed E-state index contributed by atoms with van der Waals surface area (Å²) >= 11 is 0. The van der Waals surface area contributed by atoms with Gasteiger partial charge in [0.1, 0.15) is 5.75 Å². The number of amides is 1. The van der Waals surface area contributed by atoms with E-state index in [4.69, 9.17) is 0 Å². The number of ether oxygens (including phenoxy) is 1. The molecule has 27 heavy (non-hydrogen) atoms. The van der Waals surface area contributed by atoms with Gasteiger partial charge in [-0.25, -0.2) is 0 Å². The van der Waals surface area contributed by atoms with Crippen LogP contribution in [0.4, 0.5) is 24.5 Å². The van der Waals surface area contributed by atoms with E-state index in [1.807, 2.05) is 0 Å². The van der Waals surface area contributed by atoms with Crippen LogP contribution in [-0.4, -0.2) is 23.7 Å². The van der Waals surface area contributed by atoms with Crippen molar-refractivity contribution in [2.45, 2.75) is 26.1 Å². The van der Waals surface area contributed by atoms with Gasteiger partial charge in [-0.15, -0.1) is 13.2 Å². The Bertz CT molecular complexity index is 912. The van der Waals surface area contributed by atoms with Gasteiger partial charge in [0.2, 0.25) is 0 Å². The van der Waals surface area contributed by atoms with E-state index in [1.165, 1.54) is 41.3 Å². The first-order valence-electron chi connectivity index (χ1n) is 8.11. The van der Waals surface area contributed by atoms with E-state index in [0.717, 1.165) is 0 Å². The van der Waals surface area contributed by atoms with Crippen molar-refractivity contribution in [2.75, 3.05) is 11.4 Å². The van der Waals surface area contributed by atoms with Crippen LogP contribution < -0.4 is 9.64 Å². The molecule has 9 heteroatoms. The number of carbonyl (C=O) groups excluding carboxylic acids is 1. The molecule has 1 aliphatic heterocycles. The fourth-order valence-corrected chi connectivity index (χ4v) is 3.13. The van der Waals surface area contributed by atoms with Gasteiger partial charge >= 0.3 is 6.36 Å². The summed E-state index contributed by atoms with van der Waals surface area (Å²) in [4.78, 5) is 24.7. The number of benzene rings is 2. The molecule has 6 nitrogen and oxygen atoms in total. The molecule has 0 N–H and O–H groups in total. The number of rotatable bonds is 3. The molecular formula is C18H15F3N2O4. The molecule has 2 aromatic rings. The molecule has 1 heterocycles. The third-order valence-corrected chi connectivity index (χ3v) is 4.29. The van der Waals surface area contributed by atoms with Crippen molar-refractivity contribution in [2.24, 2.45) is 0 Å². The highest BCUT2D eigenvalue weighted by Gasteiger charge is 2.32. The normalized spacial score (nSPS) is 13.9. The number of alkyl halides is 3. The second-order valence-corrected chi connectivity index (χ2v) is 6.16. The van der Waals surface area contributed by atoms with E-state index in [2.05, 4.69) is 4.74 Å². The van der Waals surface area contributed by atoms with Crippen molar-refractivity contribution >= 4 is 17.3 Å². The SMILES string of the molecule is Cc1cc(C(=O)N2CCCc3cc(OC(F)(F)F)ccc32)ccc1[N+](=O)[O-]. The van der Waals surface area contributed by atoms with Gasteiger partial charge in [0, 0.05) is 29.4 Å². The highest BCUT2D eigenvalue weighted by molar-refractivity contribution is 6.07. The molecule has 1 aliphatic rings. The molecule has 2 aromatic carbocycles. The lowest BCUT2D eigenvalue weighted by molar-refractivity contribution is -0.385. The van der Waals surface area contributed by atoms with Crippen LogP contribution in [-0.2, 0) is 6.42 Å². The van der Waals surface area contributed by atoms with Gasteiger partial charge in [0.25, 0.3) is 11.6 Å². The molecule has 0 bridgehead atoms. The first-order valence-corrected chi connectivity index (χ1v) is 8.11. The number of anilines is 1. The van der Waals surface area contributed by atoms with Crippen LogP contribution >= 0.6 is 0 Å². The second kappa shape index (κ2) is 6.90. The lowest BCUT2D eigenvalue weighted by Crippen LogP contribution is -2.35. The van der Waals surface area contributed by atoms with Crippen LogP contribution in [0.3, 0.4) is 0 Å². The van der Waals surface area contributed by atoms with Gasteiger partial charge in [-0.2, -0.15) is 0 Å². The van der Waals surface area contributed by atoms with Crippen LogP contribution in [0.15, 0.2) is 36.4 Å². The van der Waals surface area contributed by atoms with E-state index in [9.17, 15) is 28.1 Å².